The van der Waals surface area contributed by atoms with E-state index in [9.17, 15) is 4.79 Å². The topological polar surface area (TPSA) is 20.3 Å². The van der Waals surface area contributed by atoms with Gasteiger partial charge in [0.2, 0.25) is 0 Å². The molecular weight excluding hydrogens is 150 g/mol. The lowest BCUT2D eigenvalue weighted by atomic mass is 10.3. The van der Waals surface area contributed by atoms with Crippen molar-refractivity contribution in [1.29, 1.82) is 0 Å². The van der Waals surface area contributed by atoms with Crippen molar-refractivity contribution in [3.8, 4) is 0 Å². The fourth-order valence-corrected chi connectivity index (χ4v) is 1.11. The van der Waals surface area contributed by atoms with Gasteiger partial charge >= 0.3 is 0 Å². The van der Waals surface area contributed by atoms with Crippen LogP contribution in [0.1, 0.15) is 6.92 Å². The third-order valence-corrected chi connectivity index (χ3v) is 1.66. The lowest BCUT2D eigenvalue weighted by Crippen LogP contribution is -2.23. The summed E-state index contributed by atoms with van der Waals surface area (Å²) >= 11 is 0. The largest absolute Gasteiger partial charge is 0.367 e. The summed E-state index contributed by atoms with van der Waals surface area (Å²) in [6, 6.07) is 9.87. The SMILES string of the molecule is CC(=O)CN(C)c1ccccc1. The van der Waals surface area contributed by atoms with Crippen molar-refractivity contribution in [2.24, 2.45) is 0 Å². The van der Waals surface area contributed by atoms with Crippen molar-refractivity contribution >= 4 is 11.5 Å². The average molecular weight is 163 g/mol. The van der Waals surface area contributed by atoms with E-state index in [2.05, 4.69) is 0 Å². The number of benzene rings is 1. The fourth-order valence-electron chi connectivity index (χ4n) is 1.11. The molecular formula is C10H13NO. The van der Waals surface area contributed by atoms with Gasteiger partial charge in [-0.15, -0.1) is 0 Å². The fraction of sp³-hybridized carbons (Fsp3) is 0.300. The molecule has 0 unspecified atom stereocenters. The zero-order chi connectivity index (χ0) is 8.97. The van der Waals surface area contributed by atoms with Crippen molar-refractivity contribution in [2.75, 3.05) is 18.5 Å². The molecule has 1 aromatic carbocycles. The molecule has 0 N–H and O–H groups in total. The van der Waals surface area contributed by atoms with Gasteiger partial charge in [-0.2, -0.15) is 0 Å². The van der Waals surface area contributed by atoms with E-state index in [1.54, 1.807) is 6.92 Å². The Bertz CT molecular complexity index is 256. The quantitative estimate of drug-likeness (QED) is 0.676. The van der Waals surface area contributed by atoms with Crippen molar-refractivity contribution in [2.45, 2.75) is 6.92 Å². The number of Topliss-reactive ketones (excluding diaryl/α,β-unsaturated/α-hetero) is 1. The van der Waals surface area contributed by atoms with Crippen LogP contribution in [0.4, 0.5) is 5.69 Å². The van der Waals surface area contributed by atoms with Crippen LogP contribution in [0.5, 0.6) is 0 Å². The monoisotopic (exact) mass is 163 g/mol. The Morgan fingerprint density at radius 1 is 1.33 bits per heavy atom. The highest BCUT2D eigenvalue weighted by atomic mass is 16.1. The van der Waals surface area contributed by atoms with Crippen molar-refractivity contribution in [1.82, 2.24) is 0 Å². The highest BCUT2D eigenvalue weighted by Crippen LogP contribution is 2.09. The molecule has 1 aromatic rings. The number of anilines is 1. The molecule has 0 radical (unpaired) electrons. The predicted molar refractivity (Wildman–Crippen MR) is 50.4 cm³/mol. The van der Waals surface area contributed by atoms with E-state index in [0.29, 0.717) is 6.54 Å². The van der Waals surface area contributed by atoms with Crippen molar-refractivity contribution in [3.63, 3.8) is 0 Å². The summed E-state index contributed by atoms with van der Waals surface area (Å²) in [4.78, 5) is 12.7. The first-order valence-electron chi connectivity index (χ1n) is 3.96. The van der Waals surface area contributed by atoms with E-state index in [0.717, 1.165) is 5.69 Å². The van der Waals surface area contributed by atoms with Crippen LogP contribution in [0.15, 0.2) is 30.3 Å². The lowest BCUT2D eigenvalue weighted by molar-refractivity contribution is -0.115. The molecule has 2 heteroatoms. The molecule has 64 valence electrons. The molecule has 2 nitrogen and oxygen atoms in total. The summed E-state index contributed by atoms with van der Waals surface area (Å²) in [5.41, 5.74) is 1.08. The summed E-state index contributed by atoms with van der Waals surface area (Å²) in [5, 5.41) is 0. The van der Waals surface area contributed by atoms with Crippen LogP contribution in [0, 0.1) is 0 Å². The van der Waals surface area contributed by atoms with Gasteiger partial charge in [0.25, 0.3) is 0 Å². The van der Waals surface area contributed by atoms with Gasteiger partial charge in [0, 0.05) is 12.7 Å². The summed E-state index contributed by atoms with van der Waals surface area (Å²) in [7, 11) is 1.91. The van der Waals surface area contributed by atoms with Gasteiger partial charge in [0.15, 0.2) is 0 Å². The first-order valence-corrected chi connectivity index (χ1v) is 3.96. The van der Waals surface area contributed by atoms with E-state index < -0.39 is 0 Å². The molecule has 0 amide bonds. The van der Waals surface area contributed by atoms with Gasteiger partial charge < -0.3 is 4.90 Å². The minimum atomic E-state index is 0.182. The number of nitrogens with zero attached hydrogens (tertiary/aromatic N) is 1. The van der Waals surface area contributed by atoms with Crippen LogP contribution in [-0.2, 0) is 4.79 Å². The summed E-state index contributed by atoms with van der Waals surface area (Å²) in [6.07, 6.45) is 0. The Kier molecular flexibility index (Phi) is 2.86. The number of para-hydroxylation sites is 1. The second-order valence-electron chi connectivity index (χ2n) is 2.89. The van der Waals surface area contributed by atoms with Crippen LogP contribution < -0.4 is 4.90 Å². The molecule has 12 heavy (non-hydrogen) atoms. The molecule has 0 saturated carbocycles. The van der Waals surface area contributed by atoms with Gasteiger partial charge in [-0.1, -0.05) is 18.2 Å². The Morgan fingerprint density at radius 2 is 1.92 bits per heavy atom. The number of likely N-dealkylation sites (N-methyl/N-ethyl adjacent to an activating group) is 1. The Labute approximate surface area is 72.8 Å². The first kappa shape index (κ1) is 8.78. The molecule has 0 aliphatic carbocycles. The molecule has 0 heterocycles. The molecule has 0 bridgehead atoms. The van der Waals surface area contributed by atoms with E-state index in [1.165, 1.54) is 0 Å². The molecule has 0 saturated heterocycles. The standard InChI is InChI=1S/C10H13NO/c1-9(12)8-11(2)10-6-4-3-5-7-10/h3-7H,8H2,1-2H3. The summed E-state index contributed by atoms with van der Waals surface area (Å²) < 4.78 is 0. The highest BCUT2D eigenvalue weighted by Gasteiger charge is 2.00. The van der Waals surface area contributed by atoms with Crippen LogP contribution >= 0.6 is 0 Å². The minimum absolute atomic E-state index is 0.182. The van der Waals surface area contributed by atoms with Gasteiger partial charge in [-0.3, -0.25) is 4.79 Å². The second kappa shape index (κ2) is 3.90. The third-order valence-electron chi connectivity index (χ3n) is 1.66. The molecule has 0 spiro atoms. The Morgan fingerprint density at radius 3 is 2.42 bits per heavy atom. The average Bonchev–Trinajstić information content (AvgIpc) is 2.05. The normalized spacial score (nSPS) is 9.50. The van der Waals surface area contributed by atoms with Crippen LogP contribution in [-0.4, -0.2) is 19.4 Å². The predicted octanol–water partition coefficient (Wildman–Crippen LogP) is 1.71. The smallest absolute Gasteiger partial charge is 0.149 e. The van der Waals surface area contributed by atoms with E-state index in [4.69, 9.17) is 0 Å². The number of ketones is 1. The molecule has 0 aromatic heterocycles. The number of carbonyl (C=O) groups excluding carboxylic acids is 1. The van der Waals surface area contributed by atoms with Crippen LogP contribution in [0.3, 0.4) is 0 Å². The van der Waals surface area contributed by atoms with Crippen molar-refractivity contribution < 1.29 is 4.79 Å². The zero-order valence-electron chi connectivity index (χ0n) is 7.45. The maximum Gasteiger partial charge on any atom is 0.149 e. The summed E-state index contributed by atoms with van der Waals surface area (Å²) in [5.74, 6) is 0.182. The van der Waals surface area contributed by atoms with E-state index >= 15 is 0 Å². The Balaban J connectivity index is 2.65. The first-order chi connectivity index (χ1) is 5.70. The summed E-state index contributed by atoms with van der Waals surface area (Å²) in [6.45, 7) is 2.07. The van der Waals surface area contributed by atoms with Gasteiger partial charge in [-0.25, -0.2) is 0 Å². The third kappa shape index (κ3) is 2.38. The van der Waals surface area contributed by atoms with Gasteiger partial charge in [-0.05, 0) is 19.1 Å². The van der Waals surface area contributed by atoms with E-state index in [1.807, 2.05) is 42.3 Å². The molecule has 0 aliphatic heterocycles. The second-order valence-corrected chi connectivity index (χ2v) is 2.89. The van der Waals surface area contributed by atoms with Crippen molar-refractivity contribution in [3.05, 3.63) is 30.3 Å². The minimum Gasteiger partial charge on any atom is -0.367 e. The van der Waals surface area contributed by atoms with Gasteiger partial charge in [0.1, 0.15) is 5.78 Å². The molecule has 0 fully saturated rings. The number of hydrogen-bond acceptors (Lipinski definition) is 2. The lowest BCUT2D eigenvalue weighted by Gasteiger charge is -2.16. The highest BCUT2D eigenvalue weighted by molar-refractivity contribution is 5.80. The molecule has 0 atom stereocenters. The Hall–Kier alpha value is -1.31. The molecule has 1 rings (SSSR count). The number of carbonyl (C=O) groups is 1. The zero-order valence-corrected chi connectivity index (χ0v) is 7.45. The van der Waals surface area contributed by atoms with E-state index in [-0.39, 0.29) is 5.78 Å². The van der Waals surface area contributed by atoms with Crippen LogP contribution in [0.2, 0.25) is 0 Å². The molecule has 0 aliphatic rings. The van der Waals surface area contributed by atoms with Crippen LogP contribution in [0.25, 0.3) is 0 Å². The number of hydrogen-bond donors (Lipinski definition) is 0. The number of rotatable bonds is 3. The maximum atomic E-state index is 10.8. The van der Waals surface area contributed by atoms with Gasteiger partial charge in [0.05, 0.1) is 6.54 Å². The maximum absolute atomic E-state index is 10.8.